The van der Waals surface area contributed by atoms with Gasteiger partial charge >= 0.3 is 0 Å². The van der Waals surface area contributed by atoms with Crippen LogP contribution in [0.1, 0.15) is 45.6 Å². The minimum absolute atomic E-state index is 0.0542. The number of nitrogens with two attached hydrogens (primary N) is 1. The quantitative estimate of drug-likeness (QED) is 0.749. The Balaban J connectivity index is 1.57. The topological polar surface area (TPSA) is 81.1 Å². The largest absolute Gasteiger partial charge is 0.388 e. The number of aryl methyl sites for hydroxylation is 1. The fourth-order valence-electron chi connectivity index (χ4n) is 4.62. The molecular weight excluding hydrogens is 326 g/mol. The molecule has 3 aromatic rings. The molecular formula is C21H19N3O2. The lowest BCUT2D eigenvalue weighted by atomic mass is 9.75. The van der Waals surface area contributed by atoms with Crippen molar-refractivity contribution in [3.8, 4) is 11.3 Å². The summed E-state index contributed by atoms with van der Waals surface area (Å²) in [5.74, 6) is -0.379. The molecule has 2 heterocycles. The van der Waals surface area contributed by atoms with E-state index in [9.17, 15) is 9.90 Å². The summed E-state index contributed by atoms with van der Waals surface area (Å²) in [5.41, 5.74) is 11.3. The van der Waals surface area contributed by atoms with Crippen molar-refractivity contribution in [2.24, 2.45) is 11.7 Å². The average Bonchev–Trinajstić information content (AvgIpc) is 3.23. The molecule has 0 spiro atoms. The van der Waals surface area contributed by atoms with Crippen molar-refractivity contribution in [2.75, 3.05) is 0 Å². The fraction of sp³-hybridized carbons (Fsp3) is 0.238. The van der Waals surface area contributed by atoms with Gasteiger partial charge in [0.15, 0.2) is 0 Å². The molecule has 5 rings (SSSR count). The molecule has 1 aliphatic heterocycles. The fourth-order valence-corrected chi connectivity index (χ4v) is 4.62. The predicted octanol–water partition coefficient (Wildman–Crippen LogP) is 2.85. The average molecular weight is 345 g/mol. The minimum atomic E-state index is -0.591. The Morgan fingerprint density at radius 2 is 2.04 bits per heavy atom. The molecule has 0 radical (unpaired) electrons. The summed E-state index contributed by atoms with van der Waals surface area (Å²) in [6.45, 7) is 0. The highest BCUT2D eigenvalue weighted by Crippen LogP contribution is 2.49. The summed E-state index contributed by atoms with van der Waals surface area (Å²) in [5, 5.41) is 11.1. The van der Waals surface area contributed by atoms with Crippen LogP contribution in [0, 0.1) is 5.92 Å². The second-order valence-electron chi connectivity index (χ2n) is 7.14. The van der Waals surface area contributed by atoms with Crippen LogP contribution in [0.25, 0.3) is 11.3 Å². The molecule has 1 amide bonds. The zero-order chi connectivity index (χ0) is 17.8. The first-order chi connectivity index (χ1) is 12.6. The van der Waals surface area contributed by atoms with Gasteiger partial charge in [0, 0.05) is 17.0 Å². The Labute approximate surface area is 151 Å². The molecule has 3 atom stereocenters. The minimum Gasteiger partial charge on any atom is -0.388 e. The zero-order valence-corrected chi connectivity index (χ0v) is 14.2. The highest BCUT2D eigenvalue weighted by atomic mass is 16.3. The van der Waals surface area contributed by atoms with Crippen LogP contribution < -0.4 is 5.73 Å². The molecule has 26 heavy (non-hydrogen) atoms. The lowest BCUT2D eigenvalue weighted by Gasteiger charge is -2.35. The number of primary amides is 1. The third-order valence-electron chi connectivity index (χ3n) is 5.83. The van der Waals surface area contributed by atoms with Gasteiger partial charge in [0.05, 0.1) is 30.4 Å². The first-order valence-electron chi connectivity index (χ1n) is 8.87. The van der Waals surface area contributed by atoms with E-state index in [1.807, 2.05) is 36.8 Å². The van der Waals surface area contributed by atoms with Crippen molar-refractivity contribution in [2.45, 2.75) is 25.0 Å². The van der Waals surface area contributed by atoms with Crippen molar-refractivity contribution in [1.29, 1.82) is 0 Å². The van der Waals surface area contributed by atoms with Crippen LogP contribution in [0.2, 0.25) is 0 Å². The number of rotatable bonds is 2. The lowest BCUT2D eigenvalue weighted by molar-refractivity contribution is 0.0719. The summed E-state index contributed by atoms with van der Waals surface area (Å²) in [4.78, 5) is 15.8. The van der Waals surface area contributed by atoms with Gasteiger partial charge in [-0.1, -0.05) is 30.3 Å². The van der Waals surface area contributed by atoms with Crippen molar-refractivity contribution < 1.29 is 9.90 Å². The second kappa shape index (κ2) is 5.54. The van der Waals surface area contributed by atoms with E-state index in [0.29, 0.717) is 5.56 Å². The Hall–Kier alpha value is -2.92. The van der Waals surface area contributed by atoms with Crippen LogP contribution in [-0.4, -0.2) is 20.6 Å². The molecule has 1 unspecified atom stereocenters. The van der Waals surface area contributed by atoms with Gasteiger partial charge in [-0.25, -0.2) is 4.98 Å². The number of amides is 1. The van der Waals surface area contributed by atoms with E-state index in [-0.39, 0.29) is 12.0 Å². The van der Waals surface area contributed by atoms with Gasteiger partial charge in [0.2, 0.25) is 5.91 Å². The number of aromatic nitrogens is 2. The lowest BCUT2D eigenvalue weighted by Crippen LogP contribution is -2.29. The Morgan fingerprint density at radius 3 is 2.88 bits per heavy atom. The third kappa shape index (κ3) is 2.07. The zero-order valence-electron chi connectivity index (χ0n) is 14.2. The van der Waals surface area contributed by atoms with Crippen molar-refractivity contribution in [3.05, 3.63) is 77.2 Å². The molecule has 130 valence electrons. The van der Waals surface area contributed by atoms with Crippen LogP contribution in [0.4, 0.5) is 0 Å². The number of carbonyl (C=O) groups excluding carboxylic acids is 1. The van der Waals surface area contributed by atoms with Gasteiger partial charge in [-0.3, -0.25) is 4.79 Å². The number of hydrogen-bond donors (Lipinski definition) is 2. The number of fused-ring (bicyclic) bond motifs is 4. The number of imidazole rings is 1. The Kier molecular flexibility index (Phi) is 3.27. The van der Waals surface area contributed by atoms with Gasteiger partial charge in [-0.15, -0.1) is 0 Å². The maximum absolute atomic E-state index is 11.4. The van der Waals surface area contributed by atoms with Crippen molar-refractivity contribution in [3.63, 3.8) is 0 Å². The van der Waals surface area contributed by atoms with Crippen LogP contribution in [-0.2, 0) is 6.42 Å². The molecule has 1 aromatic heterocycles. The number of aliphatic hydroxyl groups excluding tert-OH is 1. The summed E-state index contributed by atoms with van der Waals surface area (Å²) < 4.78 is 2.18. The number of benzene rings is 2. The van der Waals surface area contributed by atoms with E-state index in [2.05, 4.69) is 21.7 Å². The molecule has 2 aliphatic rings. The number of aliphatic hydroxyl groups is 1. The number of carbonyl (C=O) groups is 1. The second-order valence-corrected chi connectivity index (χ2v) is 7.14. The normalized spacial score (nSPS) is 23.2. The van der Waals surface area contributed by atoms with E-state index < -0.39 is 12.0 Å². The SMILES string of the molecule is NC(=O)c1ccc2c(c1)CCC([C@H]1c3ccccc3-c3cncn31)[C@@H]2O. The number of hydrogen-bond acceptors (Lipinski definition) is 3. The van der Waals surface area contributed by atoms with Gasteiger partial charge in [-0.2, -0.15) is 0 Å². The summed E-state index contributed by atoms with van der Waals surface area (Å²) in [6, 6.07) is 13.8. The summed E-state index contributed by atoms with van der Waals surface area (Å²) in [7, 11) is 0. The molecule has 3 N–H and O–H groups in total. The van der Waals surface area contributed by atoms with Gasteiger partial charge in [0.25, 0.3) is 0 Å². The third-order valence-corrected chi connectivity index (χ3v) is 5.83. The van der Waals surface area contributed by atoms with Gasteiger partial charge in [-0.05, 0) is 41.7 Å². The van der Waals surface area contributed by atoms with E-state index in [0.717, 1.165) is 29.7 Å². The van der Waals surface area contributed by atoms with Crippen LogP contribution >= 0.6 is 0 Å². The highest BCUT2D eigenvalue weighted by Gasteiger charge is 2.40. The highest BCUT2D eigenvalue weighted by molar-refractivity contribution is 5.93. The molecule has 5 nitrogen and oxygen atoms in total. The molecule has 5 heteroatoms. The van der Waals surface area contributed by atoms with Crippen LogP contribution in [0.5, 0.6) is 0 Å². The van der Waals surface area contributed by atoms with E-state index >= 15 is 0 Å². The van der Waals surface area contributed by atoms with Crippen molar-refractivity contribution >= 4 is 5.91 Å². The molecule has 0 saturated carbocycles. The molecule has 0 bridgehead atoms. The maximum Gasteiger partial charge on any atom is 0.248 e. The molecule has 0 saturated heterocycles. The standard InChI is InChI=1S/C21H19N3O2/c22-21(26)13-6-7-14-12(9-13)5-8-17(20(14)25)19-16-4-2-1-3-15(16)18-10-23-11-24(18)19/h1-4,6-7,9-11,17,19-20,25H,5,8H2,(H2,22,26)/t17?,19-,20-/m1/s1. The van der Waals surface area contributed by atoms with Crippen molar-refractivity contribution in [1.82, 2.24) is 9.55 Å². The smallest absolute Gasteiger partial charge is 0.248 e. The monoisotopic (exact) mass is 345 g/mol. The Morgan fingerprint density at radius 1 is 1.19 bits per heavy atom. The van der Waals surface area contributed by atoms with E-state index in [4.69, 9.17) is 5.73 Å². The summed E-state index contributed by atoms with van der Waals surface area (Å²) in [6.07, 6.45) is 4.82. The van der Waals surface area contributed by atoms with E-state index in [1.54, 1.807) is 6.07 Å². The van der Waals surface area contributed by atoms with Crippen LogP contribution in [0.3, 0.4) is 0 Å². The molecule has 1 aliphatic carbocycles. The van der Waals surface area contributed by atoms with Crippen LogP contribution in [0.15, 0.2) is 55.0 Å². The summed E-state index contributed by atoms with van der Waals surface area (Å²) >= 11 is 0. The maximum atomic E-state index is 11.4. The molecule has 2 aromatic carbocycles. The van der Waals surface area contributed by atoms with Gasteiger partial charge < -0.3 is 15.4 Å². The molecule has 0 fully saturated rings. The Bertz CT molecular complexity index is 1020. The first-order valence-corrected chi connectivity index (χ1v) is 8.87. The van der Waals surface area contributed by atoms with E-state index in [1.165, 1.54) is 11.1 Å². The first kappa shape index (κ1) is 15.3. The predicted molar refractivity (Wildman–Crippen MR) is 97.5 cm³/mol. The van der Waals surface area contributed by atoms with Gasteiger partial charge in [0.1, 0.15) is 0 Å². The number of nitrogens with zero attached hydrogens (tertiary/aromatic N) is 2.